The van der Waals surface area contributed by atoms with Gasteiger partial charge in [-0.05, 0) is 51.5 Å². The minimum atomic E-state index is -4.22. The highest BCUT2D eigenvalue weighted by molar-refractivity contribution is 7.52. The standard InChI is InChI=1S/C24H33N2O9P/c1-15(2)33-22(29)17(4)25-36(31,35-18-9-7-6-8-10-18)32-14-19-21(28)24(5,30)23(34-19)26-12-11-16(3)13-20(26)27/h6-12,15,17,19,21,23,28,30H,3,13-14H2,1-2,4-5H3,(H,25,31)/t17-,19+,21+,23+,24-,36+/m0/s1. The molecule has 0 bridgehead atoms. The monoisotopic (exact) mass is 524 g/mol. The Labute approximate surface area is 210 Å². The molecule has 2 aliphatic rings. The molecule has 198 valence electrons. The second kappa shape index (κ2) is 11.2. The molecule has 3 N–H and O–H groups in total. The quantitative estimate of drug-likeness (QED) is 0.308. The van der Waals surface area contributed by atoms with E-state index in [4.69, 9.17) is 18.5 Å². The second-order valence-electron chi connectivity index (χ2n) is 9.18. The molecule has 12 heteroatoms. The number of allylic oxidation sites excluding steroid dienone is 1. The maximum absolute atomic E-state index is 13.6. The predicted octanol–water partition coefficient (Wildman–Crippen LogP) is 2.26. The normalized spacial score (nSPS) is 28.8. The highest BCUT2D eigenvalue weighted by Crippen LogP contribution is 2.46. The summed E-state index contributed by atoms with van der Waals surface area (Å²) in [5.74, 6) is -0.818. The van der Waals surface area contributed by atoms with Crippen molar-refractivity contribution in [2.24, 2.45) is 0 Å². The highest BCUT2D eigenvalue weighted by Gasteiger charge is 2.56. The van der Waals surface area contributed by atoms with E-state index in [1.165, 1.54) is 24.9 Å². The number of rotatable bonds is 10. The lowest BCUT2D eigenvalue weighted by atomic mass is 9.95. The van der Waals surface area contributed by atoms with Crippen molar-refractivity contribution in [1.82, 2.24) is 9.99 Å². The number of carbonyl (C=O) groups is 2. The smallest absolute Gasteiger partial charge is 0.459 e. The highest BCUT2D eigenvalue weighted by atomic mass is 31.2. The molecule has 0 aromatic heterocycles. The van der Waals surface area contributed by atoms with Crippen LogP contribution in [0.15, 0.2) is 54.8 Å². The molecule has 0 saturated carbocycles. The number of hydrogen-bond acceptors (Lipinski definition) is 9. The largest absolute Gasteiger partial charge is 0.462 e. The van der Waals surface area contributed by atoms with Crippen LogP contribution in [0.2, 0.25) is 0 Å². The molecule has 2 heterocycles. The Kier molecular flexibility index (Phi) is 8.76. The lowest BCUT2D eigenvalue weighted by molar-refractivity contribution is -0.156. The zero-order chi connectivity index (χ0) is 26.7. The molecule has 36 heavy (non-hydrogen) atoms. The molecule has 1 aromatic rings. The summed E-state index contributed by atoms with van der Waals surface area (Å²) in [6.07, 6.45) is -1.21. The van der Waals surface area contributed by atoms with Gasteiger partial charge in [0.1, 0.15) is 29.6 Å². The maximum Gasteiger partial charge on any atom is 0.459 e. The van der Waals surface area contributed by atoms with E-state index in [0.29, 0.717) is 5.57 Å². The van der Waals surface area contributed by atoms with E-state index in [0.717, 1.165) is 0 Å². The molecule has 2 aliphatic heterocycles. The molecule has 11 nitrogen and oxygen atoms in total. The average Bonchev–Trinajstić information content (AvgIpc) is 3.01. The third-order valence-corrected chi connectivity index (χ3v) is 7.22. The molecule has 1 fully saturated rings. The lowest BCUT2D eigenvalue weighted by Crippen LogP contribution is -2.53. The van der Waals surface area contributed by atoms with E-state index in [-0.39, 0.29) is 24.2 Å². The van der Waals surface area contributed by atoms with E-state index >= 15 is 0 Å². The van der Waals surface area contributed by atoms with Gasteiger partial charge in [-0.2, -0.15) is 5.09 Å². The summed E-state index contributed by atoms with van der Waals surface area (Å²) in [7, 11) is -4.22. The number of amides is 1. The molecule has 0 unspecified atom stereocenters. The van der Waals surface area contributed by atoms with Crippen LogP contribution in [0.1, 0.15) is 34.1 Å². The van der Waals surface area contributed by atoms with Gasteiger partial charge in [0, 0.05) is 6.20 Å². The van der Waals surface area contributed by atoms with E-state index in [1.807, 2.05) is 0 Å². The van der Waals surface area contributed by atoms with Gasteiger partial charge in [0.25, 0.3) is 0 Å². The minimum absolute atomic E-state index is 0.0398. The Balaban J connectivity index is 1.76. The van der Waals surface area contributed by atoms with Gasteiger partial charge in [-0.1, -0.05) is 24.8 Å². The number of nitrogens with one attached hydrogen (secondary N) is 1. The molecule has 3 rings (SSSR count). The number of aliphatic hydroxyl groups excluding tert-OH is 1. The predicted molar refractivity (Wildman–Crippen MR) is 129 cm³/mol. The van der Waals surface area contributed by atoms with Gasteiger partial charge >= 0.3 is 13.7 Å². The van der Waals surface area contributed by atoms with E-state index in [1.54, 1.807) is 50.3 Å². The van der Waals surface area contributed by atoms with Gasteiger partial charge in [-0.3, -0.25) is 19.0 Å². The fourth-order valence-corrected chi connectivity index (χ4v) is 5.21. The van der Waals surface area contributed by atoms with Gasteiger partial charge in [-0.15, -0.1) is 0 Å². The van der Waals surface area contributed by atoms with E-state index < -0.39 is 50.4 Å². The van der Waals surface area contributed by atoms with Crippen LogP contribution < -0.4 is 9.61 Å². The van der Waals surface area contributed by atoms with Crippen LogP contribution >= 0.6 is 7.75 Å². The van der Waals surface area contributed by atoms with Gasteiger partial charge in [-0.25, -0.2) is 4.57 Å². The molecule has 6 atom stereocenters. The first-order valence-corrected chi connectivity index (χ1v) is 13.1. The Morgan fingerprint density at radius 2 is 2.00 bits per heavy atom. The summed E-state index contributed by atoms with van der Waals surface area (Å²) < 4.78 is 35.7. The van der Waals surface area contributed by atoms with Crippen molar-refractivity contribution in [2.75, 3.05) is 6.61 Å². The fraction of sp³-hybridized carbons (Fsp3) is 0.500. The van der Waals surface area contributed by atoms with Crippen molar-refractivity contribution in [3.8, 4) is 5.75 Å². The second-order valence-corrected chi connectivity index (χ2v) is 10.9. The van der Waals surface area contributed by atoms with Crippen LogP contribution in [0.5, 0.6) is 5.75 Å². The van der Waals surface area contributed by atoms with Gasteiger partial charge < -0.3 is 24.2 Å². The number of para-hydroxylation sites is 1. The maximum atomic E-state index is 13.6. The molecule has 1 aromatic carbocycles. The van der Waals surface area contributed by atoms with Crippen LogP contribution in [0.4, 0.5) is 0 Å². The number of carbonyl (C=O) groups excluding carboxylic acids is 2. The first-order valence-electron chi connectivity index (χ1n) is 11.5. The molecule has 0 spiro atoms. The van der Waals surface area contributed by atoms with Gasteiger partial charge in [0.2, 0.25) is 5.91 Å². The Morgan fingerprint density at radius 3 is 2.61 bits per heavy atom. The summed E-state index contributed by atoms with van der Waals surface area (Å²) in [4.78, 5) is 25.9. The zero-order valence-electron chi connectivity index (χ0n) is 20.7. The summed E-state index contributed by atoms with van der Waals surface area (Å²) in [5, 5.41) is 24.2. The van der Waals surface area contributed by atoms with Crippen molar-refractivity contribution in [2.45, 2.75) is 70.3 Å². The third-order valence-electron chi connectivity index (χ3n) is 5.58. The number of aliphatic hydroxyl groups is 2. The summed E-state index contributed by atoms with van der Waals surface area (Å²) in [6, 6.07) is 7.12. The van der Waals surface area contributed by atoms with Gasteiger partial charge in [0.05, 0.1) is 19.1 Å². The molecule has 1 amide bonds. The summed E-state index contributed by atoms with van der Waals surface area (Å²) >= 11 is 0. The zero-order valence-corrected chi connectivity index (χ0v) is 21.6. The molecule has 0 aliphatic carbocycles. The first-order chi connectivity index (χ1) is 16.8. The summed E-state index contributed by atoms with van der Waals surface area (Å²) in [5.41, 5.74) is -1.26. The SMILES string of the molecule is C=C1C=CN([C@@H]2O[C@H](CO[P@](=O)(N[C@@H](C)C(=O)OC(C)C)Oc3ccccc3)[C@@H](O)[C@]2(C)O)C(=O)C1. The van der Waals surface area contributed by atoms with Crippen molar-refractivity contribution in [3.63, 3.8) is 0 Å². The first kappa shape index (κ1) is 28.0. The van der Waals surface area contributed by atoms with Crippen LogP contribution in [-0.4, -0.2) is 69.8 Å². The van der Waals surface area contributed by atoms with Crippen molar-refractivity contribution in [3.05, 3.63) is 54.8 Å². The van der Waals surface area contributed by atoms with Crippen molar-refractivity contribution >= 4 is 19.6 Å². The van der Waals surface area contributed by atoms with E-state index in [2.05, 4.69) is 11.7 Å². The van der Waals surface area contributed by atoms with Crippen LogP contribution in [0.3, 0.4) is 0 Å². The molecular weight excluding hydrogens is 491 g/mol. The lowest BCUT2D eigenvalue weighted by Gasteiger charge is -2.35. The minimum Gasteiger partial charge on any atom is -0.462 e. The number of nitrogens with zero attached hydrogens (tertiary/aromatic N) is 1. The van der Waals surface area contributed by atoms with Crippen molar-refractivity contribution in [1.29, 1.82) is 0 Å². The third kappa shape index (κ3) is 6.61. The topological polar surface area (TPSA) is 144 Å². The Morgan fingerprint density at radius 1 is 1.33 bits per heavy atom. The summed E-state index contributed by atoms with van der Waals surface area (Å²) in [6.45, 7) is 9.39. The van der Waals surface area contributed by atoms with Crippen LogP contribution in [0, 0.1) is 0 Å². The van der Waals surface area contributed by atoms with Crippen molar-refractivity contribution < 1.29 is 42.9 Å². The molecule has 0 radical (unpaired) electrons. The molecule has 1 saturated heterocycles. The van der Waals surface area contributed by atoms with E-state index in [9.17, 15) is 24.4 Å². The molecular formula is C24H33N2O9P. The fourth-order valence-electron chi connectivity index (χ4n) is 3.71. The number of esters is 1. The van der Waals surface area contributed by atoms with Gasteiger partial charge in [0.15, 0.2) is 6.23 Å². The number of benzene rings is 1. The Hall–Kier alpha value is -2.53. The number of hydrogen-bond donors (Lipinski definition) is 3. The van der Waals surface area contributed by atoms with Crippen LogP contribution in [0.25, 0.3) is 0 Å². The Bertz CT molecular complexity index is 1040. The number of ether oxygens (including phenoxy) is 2. The average molecular weight is 525 g/mol. The van der Waals surface area contributed by atoms with Crippen LogP contribution in [-0.2, 0) is 28.2 Å².